The molecule has 1 aromatic carbocycles. The molecule has 1 fully saturated rings. The van der Waals surface area contributed by atoms with Crippen molar-refractivity contribution in [1.82, 2.24) is 10.3 Å². The second-order valence-electron chi connectivity index (χ2n) is 8.48. The van der Waals surface area contributed by atoms with Crippen LogP contribution in [0.3, 0.4) is 0 Å². The van der Waals surface area contributed by atoms with Crippen molar-refractivity contribution in [3.05, 3.63) is 76.7 Å². The molecule has 4 rings (SSSR count). The molecule has 1 atom stereocenters. The maximum atomic E-state index is 13.8. The van der Waals surface area contributed by atoms with Gasteiger partial charge in [-0.25, -0.2) is 0 Å². The van der Waals surface area contributed by atoms with Crippen molar-refractivity contribution < 1.29 is 14.3 Å². The third kappa shape index (κ3) is 6.03. The van der Waals surface area contributed by atoms with Gasteiger partial charge >= 0.3 is 0 Å². The zero-order valence-electron chi connectivity index (χ0n) is 19.5. The van der Waals surface area contributed by atoms with Crippen molar-refractivity contribution in [3.8, 4) is 5.75 Å². The number of hydrogen-bond acceptors (Lipinski definition) is 5. The highest BCUT2D eigenvalue weighted by atomic mass is 32.1. The quantitative estimate of drug-likeness (QED) is 0.454. The molecule has 34 heavy (non-hydrogen) atoms. The molecule has 0 spiro atoms. The first-order valence-corrected chi connectivity index (χ1v) is 12.8. The van der Waals surface area contributed by atoms with E-state index in [1.54, 1.807) is 17.3 Å². The van der Waals surface area contributed by atoms with Crippen LogP contribution in [-0.4, -0.2) is 29.4 Å². The zero-order valence-corrected chi connectivity index (χ0v) is 20.3. The first-order chi connectivity index (χ1) is 16.7. The molecule has 1 N–H and O–H groups in total. The van der Waals surface area contributed by atoms with Gasteiger partial charge in [0.1, 0.15) is 11.8 Å². The van der Waals surface area contributed by atoms with Crippen molar-refractivity contribution in [2.24, 2.45) is 0 Å². The molecule has 0 saturated heterocycles. The number of amides is 2. The van der Waals surface area contributed by atoms with Gasteiger partial charge < -0.3 is 10.1 Å². The van der Waals surface area contributed by atoms with Gasteiger partial charge in [-0.2, -0.15) is 0 Å². The summed E-state index contributed by atoms with van der Waals surface area (Å²) in [6.07, 6.45) is 8.91. The average Bonchev–Trinajstić information content (AvgIpc) is 3.37. The van der Waals surface area contributed by atoms with Crippen molar-refractivity contribution in [3.63, 3.8) is 0 Å². The fraction of sp³-hybridized carbons (Fsp3) is 0.370. The Morgan fingerprint density at radius 1 is 1.12 bits per heavy atom. The van der Waals surface area contributed by atoms with Gasteiger partial charge in [0.15, 0.2) is 0 Å². The van der Waals surface area contributed by atoms with E-state index in [-0.39, 0.29) is 24.3 Å². The van der Waals surface area contributed by atoms with Crippen molar-refractivity contribution in [1.29, 1.82) is 0 Å². The first kappa shape index (κ1) is 24.0. The monoisotopic (exact) mass is 477 g/mol. The highest BCUT2D eigenvalue weighted by Gasteiger charge is 2.34. The Hall–Kier alpha value is -3.19. The van der Waals surface area contributed by atoms with Crippen LogP contribution in [0.1, 0.15) is 55.5 Å². The van der Waals surface area contributed by atoms with E-state index in [2.05, 4.69) is 10.3 Å². The number of anilines is 1. The van der Waals surface area contributed by atoms with Crippen LogP contribution in [0, 0.1) is 0 Å². The fourth-order valence-corrected chi connectivity index (χ4v) is 5.16. The summed E-state index contributed by atoms with van der Waals surface area (Å²) in [6, 6.07) is 14.2. The van der Waals surface area contributed by atoms with Gasteiger partial charge in [0.25, 0.3) is 0 Å². The van der Waals surface area contributed by atoms with Gasteiger partial charge in [0.05, 0.1) is 13.0 Å². The molecule has 0 radical (unpaired) electrons. The molecule has 0 unspecified atom stereocenters. The maximum absolute atomic E-state index is 13.8. The van der Waals surface area contributed by atoms with Gasteiger partial charge in [-0.1, -0.05) is 31.4 Å². The van der Waals surface area contributed by atoms with E-state index in [9.17, 15) is 9.59 Å². The summed E-state index contributed by atoms with van der Waals surface area (Å²) in [4.78, 5) is 34.3. The molecule has 1 aliphatic rings. The van der Waals surface area contributed by atoms with E-state index in [1.165, 1.54) is 17.8 Å². The molecule has 0 aliphatic heterocycles. The lowest BCUT2D eigenvalue weighted by Crippen LogP contribution is -2.47. The van der Waals surface area contributed by atoms with Gasteiger partial charge in [-0.15, -0.1) is 11.3 Å². The number of rotatable bonds is 9. The van der Waals surface area contributed by atoms with Crippen molar-refractivity contribution >= 4 is 28.8 Å². The first-order valence-electron chi connectivity index (χ1n) is 11.9. The van der Waals surface area contributed by atoms with Gasteiger partial charge in [0, 0.05) is 35.1 Å². The fourth-order valence-electron chi connectivity index (χ4n) is 4.46. The van der Waals surface area contributed by atoms with E-state index in [4.69, 9.17) is 4.74 Å². The molecular formula is C27H31N3O3S. The summed E-state index contributed by atoms with van der Waals surface area (Å²) in [5, 5.41) is 5.20. The highest BCUT2D eigenvalue weighted by molar-refractivity contribution is 7.10. The van der Waals surface area contributed by atoms with E-state index < -0.39 is 6.04 Å². The van der Waals surface area contributed by atoms with E-state index in [0.717, 1.165) is 36.1 Å². The lowest BCUT2D eigenvalue weighted by atomic mass is 9.94. The Bertz CT molecular complexity index is 1070. The number of nitrogens with zero attached hydrogens (tertiary/aromatic N) is 2. The van der Waals surface area contributed by atoms with E-state index >= 15 is 0 Å². The molecule has 7 heteroatoms. The van der Waals surface area contributed by atoms with Gasteiger partial charge in [0.2, 0.25) is 11.8 Å². The standard InChI is InChI=1S/C27H31N3O3S/c1-2-33-23-11-6-10-22(18-23)30(25(31)19-24-12-7-17-34-24)26(20-13-15-28-16-14-20)27(32)29-21-8-4-3-5-9-21/h6-7,10-18,21,26H,2-5,8-9,19H2,1H3,(H,29,32)/t26-/m0/s1. The van der Waals surface area contributed by atoms with E-state index in [1.807, 2.05) is 60.8 Å². The van der Waals surface area contributed by atoms with Crippen molar-refractivity contribution in [2.75, 3.05) is 11.5 Å². The van der Waals surface area contributed by atoms with Gasteiger partial charge in [-0.3, -0.25) is 19.5 Å². The number of benzene rings is 1. The van der Waals surface area contributed by atoms with Crippen LogP contribution in [0.15, 0.2) is 66.3 Å². The summed E-state index contributed by atoms with van der Waals surface area (Å²) < 4.78 is 5.70. The molecule has 6 nitrogen and oxygen atoms in total. The summed E-state index contributed by atoms with van der Waals surface area (Å²) in [6.45, 7) is 2.44. The number of pyridine rings is 1. The Labute approximate surface area is 205 Å². The number of carbonyl (C=O) groups is 2. The average molecular weight is 478 g/mol. The third-order valence-electron chi connectivity index (χ3n) is 6.06. The molecular weight excluding hydrogens is 446 g/mol. The normalized spacial score (nSPS) is 14.9. The largest absolute Gasteiger partial charge is 0.494 e. The molecule has 1 aliphatic carbocycles. The van der Waals surface area contributed by atoms with Crippen LogP contribution in [0.5, 0.6) is 5.75 Å². The summed E-state index contributed by atoms with van der Waals surface area (Å²) >= 11 is 1.54. The second kappa shape index (κ2) is 11.8. The Kier molecular flexibility index (Phi) is 8.31. The molecule has 1 saturated carbocycles. The van der Waals surface area contributed by atoms with Crippen LogP contribution >= 0.6 is 11.3 Å². The van der Waals surface area contributed by atoms with Crippen LogP contribution < -0.4 is 15.0 Å². The van der Waals surface area contributed by atoms with Crippen LogP contribution in [0.25, 0.3) is 0 Å². The van der Waals surface area contributed by atoms with Crippen LogP contribution in [0.2, 0.25) is 0 Å². The molecule has 2 amide bonds. The summed E-state index contributed by atoms with van der Waals surface area (Å²) in [7, 11) is 0. The summed E-state index contributed by atoms with van der Waals surface area (Å²) in [5.74, 6) is 0.353. The molecule has 3 aromatic rings. The number of thiophene rings is 1. The number of carbonyl (C=O) groups excluding carboxylic acids is 2. The van der Waals surface area contributed by atoms with Gasteiger partial charge in [-0.05, 0) is 61.0 Å². The lowest BCUT2D eigenvalue weighted by Gasteiger charge is -2.33. The smallest absolute Gasteiger partial charge is 0.248 e. The highest BCUT2D eigenvalue weighted by Crippen LogP contribution is 2.32. The Morgan fingerprint density at radius 3 is 2.62 bits per heavy atom. The topological polar surface area (TPSA) is 71.5 Å². The Morgan fingerprint density at radius 2 is 1.91 bits per heavy atom. The molecule has 2 heterocycles. The second-order valence-corrected chi connectivity index (χ2v) is 9.51. The number of ether oxygens (including phenoxy) is 1. The Balaban J connectivity index is 1.74. The van der Waals surface area contributed by atoms with Crippen molar-refractivity contribution in [2.45, 2.75) is 57.5 Å². The summed E-state index contributed by atoms with van der Waals surface area (Å²) in [5.41, 5.74) is 1.36. The molecule has 2 aromatic heterocycles. The van der Waals surface area contributed by atoms with Crippen LogP contribution in [-0.2, 0) is 16.0 Å². The minimum Gasteiger partial charge on any atom is -0.494 e. The maximum Gasteiger partial charge on any atom is 0.248 e. The zero-order chi connectivity index (χ0) is 23.8. The lowest BCUT2D eigenvalue weighted by molar-refractivity contribution is -0.127. The minimum absolute atomic E-state index is 0.134. The predicted octanol–water partition coefficient (Wildman–Crippen LogP) is 5.31. The van der Waals surface area contributed by atoms with Crippen LogP contribution in [0.4, 0.5) is 5.69 Å². The molecule has 0 bridgehead atoms. The predicted molar refractivity (Wildman–Crippen MR) is 135 cm³/mol. The SMILES string of the molecule is CCOc1cccc(N(C(=O)Cc2cccs2)[C@H](C(=O)NC2CCCCC2)c2ccncc2)c1. The van der Waals surface area contributed by atoms with E-state index in [0.29, 0.717) is 18.0 Å². The minimum atomic E-state index is -0.811. The molecule has 178 valence electrons. The third-order valence-corrected chi connectivity index (χ3v) is 6.94. The number of aromatic nitrogens is 1. The number of hydrogen-bond donors (Lipinski definition) is 1. The number of nitrogens with one attached hydrogen (secondary N) is 1.